The van der Waals surface area contributed by atoms with Crippen LogP contribution in [0.5, 0.6) is 0 Å². The minimum absolute atomic E-state index is 0.420. The third kappa shape index (κ3) is 2.15. The highest BCUT2D eigenvalue weighted by Crippen LogP contribution is 2.29. The van der Waals surface area contributed by atoms with Crippen LogP contribution < -0.4 is 0 Å². The molecule has 2 aromatic rings. The molecular weight excluding hydrogens is 216 g/mol. The van der Waals surface area contributed by atoms with Gasteiger partial charge < -0.3 is 4.74 Å². The molecule has 0 amide bonds. The lowest BCUT2D eigenvalue weighted by molar-refractivity contribution is -0.139. The second-order valence-corrected chi connectivity index (χ2v) is 3.68. The Hall–Kier alpha value is -2.23. The number of aromatic nitrogens is 2. The van der Waals surface area contributed by atoms with Crippen molar-refractivity contribution in [2.24, 2.45) is 0 Å². The van der Waals surface area contributed by atoms with Gasteiger partial charge in [-0.2, -0.15) is 0 Å². The third-order valence-corrected chi connectivity index (χ3v) is 2.59. The molecule has 0 aliphatic rings. The summed E-state index contributed by atoms with van der Waals surface area (Å²) in [6.07, 6.45) is 3.31. The monoisotopic (exact) mass is 228 g/mol. The number of pyridine rings is 2. The van der Waals surface area contributed by atoms with Crippen molar-refractivity contribution in [3.63, 3.8) is 0 Å². The average Bonchev–Trinajstić information content (AvgIpc) is 2.41. The van der Waals surface area contributed by atoms with Crippen LogP contribution in [-0.4, -0.2) is 16.4 Å². The average molecular weight is 228 g/mol. The van der Waals surface area contributed by atoms with E-state index in [2.05, 4.69) is 9.97 Å². The first kappa shape index (κ1) is 11.3. The van der Waals surface area contributed by atoms with Gasteiger partial charge in [-0.25, -0.2) is 0 Å². The molecule has 0 N–H and O–H groups in total. The Labute approximate surface area is 99.3 Å². The number of carbonyl (C=O) groups excluding carboxylic acids is 1. The zero-order valence-corrected chi connectivity index (χ0v) is 9.41. The summed E-state index contributed by atoms with van der Waals surface area (Å²) in [5.41, 5.74) is 0.334. The van der Waals surface area contributed by atoms with E-state index in [9.17, 15) is 4.79 Å². The molecule has 0 aliphatic carbocycles. The van der Waals surface area contributed by atoms with Gasteiger partial charge in [0.05, 0.1) is 11.4 Å². The summed E-state index contributed by atoms with van der Waals surface area (Å²) in [7, 11) is 0. The van der Waals surface area contributed by atoms with Crippen LogP contribution in [0.1, 0.15) is 18.3 Å². The first-order chi connectivity index (χ1) is 8.27. The number of rotatable bonds is 4. The van der Waals surface area contributed by atoms with Crippen LogP contribution >= 0.6 is 0 Å². The summed E-state index contributed by atoms with van der Waals surface area (Å²) >= 11 is 0. The van der Waals surface area contributed by atoms with E-state index in [0.29, 0.717) is 17.9 Å². The molecule has 2 aromatic heterocycles. The summed E-state index contributed by atoms with van der Waals surface area (Å²) in [4.78, 5) is 19.1. The van der Waals surface area contributed by atoms with E-state index in [1.165, 1.54) is 0 Å². The topological polar surface area (TPSA) is 52.1 Å². The quantitative estimate of drug-likeness (QED) is 0.750. The fourth-order valence-corrected chi connectivity index (χ4v) is 1.64. The lowest BCUT2D eigenvalue weighted by Gasteiger charge is -2.26. The Morgan fingerprint density at radius 1 is 1.06 bits per heavy atom. The van der Waals surface area contributed by atoms with Gasteiger partial charge in [-0.1, -0.05) is 12.1 Å². The molecular formula is C13H12N2O2. The maximum Gasteiger partial charge on any atom is 0.294 e. The van der Waals surface area contributed by atoms with E-state index in [4.69, 9.17) is 4.74 Å². The van der Waals surface area contributed by atoms with Crippen LogP contribution in [0.25, 0.3) is 0 Å². The van der Waals surface area contributed by atoms with E-state index >= 15 is 0 Å². The summed E-state index contributed by atoms with van der Waals surface area (Å²) in [6, 6.07) is 10.9. The molecule has 0 atom stereocenters. The summed E-state index contributed by atoms with van der Waals surface area (Å²) < 4.78 is 5.20. The number of carbonyl (C=O) groups is 1. The molecule has 0 spiro atoms. The largest absolute Gasteiger partial charge is 0.448 e. The van der Waals surface area contributed by atoms with Crippen LogP contribution in [-0.2, 0) is 15.1 Å². The van der Waals surface area contributed by atoms with Crippen molar-refractivity contribution in [2.45, 2.75) is 12.5 Å². The van der Waals surface area contributed by atoms with Gasteiger partial charge in [-0.15, -0.1) is 0 Å². The van der Waals surface area contributed by atoms with Gasteiger partial charge in [0.1, 0.15) is 0 Å². The van der Waals surface area contributed by atoms with Crippen LogP contribution in [0.4, 0.5) is 0 Å². The first-order valence-electron chi connectivity index (χ1n) is 5.22. The normalized spacial score (nSPS) is 10.9. The minimum Gasteiger partial charge on any atom is -0.448 e. The van der Waals surface area contributed by atoms with Gasteiger partial charge in [-0.05, 0) is 31.2 Å². The predicted molar refractivity (Wildman–Crippen MR) is 62.1 cm³/mol. The van der Waals surface area contributed by atoms with Crippen LogP contribution in [0.3, 0.4) is 0 Å². The Morgan fingerprint density at radius 2 is 1.59 bits per heavy atom. The maximum atomic E-state index is 10.7. The molecule has 0 aromatic carbocycles. The molecule has 17 heavy (non-hydrogen) atoms. The molecule has 0 saturated carbocycles. The summed E-state index contributed by atoms with van der Waals surface area (Å²) in [6.45, 7) is 2.19. The van der Waals surface area contributed by atoms with Crippen molar-refractivity contribution in [3.8, 4) is 0 Å². The molecule has 2 heterocycles. The van der Waals surface area contributed by atoms with Crippen molar-refractivity contribution in [3.05, 3.63) is 60.2 Å². The number of hydrogen-bond donors (Lipinski definition) is 0. The Balaban J connectivity index is 2.50. The number of ether oxygens (including phenoxy) is 1. The van der Waals surface area contributed by atoms with Crippen molar-refractivity contribution in [2.75, 3.05) is 0 Å². The fraction of sp³-hybridized carbons (Fsp3) is 0.154. The second kappa shape index (κ2) is 4.74. The molecule has 4 heteroatoms. The molecule has 4 nitrogen and oxygen atoms in total. The van der Waals surface area contributed by atoms with E-state index in [-0.39, 0.29) is 0 Å². The fourth-order valence-electron chi connectivity index (χ4n) is 1.64. The van der Waals surface area contributed by atoms with Gasteiger partial charge in [0.25, 0.3) is 6.47 Å². The van der Waals surface area contributed by atoms with E-state index < -0.39 is 5.60 Å². The van der Waals surface area contributed by atoms with Gasteiger partial charge in [0.2, 0.25) is 0 Å². The molecule has 0 aliphatic heterocycles. The van der Waals surface area contributed by atoms with Gasteiger partial charge in [0, 0.05) is 12.4 Å². The second-order valence-electron chi connectivity index (χ2n) is 3.68. The van der Waals surface area contributed by atoms with Gasteiger partial charge in [-0.3, -0.25) is 14.8 Å². The Morgan fingerprint density at radius 3 is 1.94 bits per heavy atom. The molecule has 0 fully saturated rings. The predicted octanol–water partition coefficient (Wildman–Crippen LogP) is 1.91. The zero-order valence-electron chi connectivity index (χ0n) is 9.41. The van der Waals surface area contributed by atoms with E-state index in [1.54, 1.807) is 31.5 Å². The highest BCUT2D eigenvalue weighted by molar-refractivity contribution is 5.42. The standard InChI is InChI=1S/C13H12N2O2/c1-13(17-10-16,11-6-2-4-8-14-11)12-7-3-5-9-15-12/h2-10H,1H3. The summed E-state index contributed by atoms with van der Waals surface area (Å²) in [5.74, 6) is 0. The van der Waals surface area contributed by atoms with Crippen molar-refractivity contribution in [1.29, 1.82) is 0 Å². The number of hydrogen-bond acceptors (Lipinski definition) is 4. The zero-order chi connectivity index (χ0) is 12.1. The maximum absolute atomic E-state index is 10.7. The number of nitrogens with zero attached hydrogens (tertiary/aromatic N) is 2. The van der Waals surface area contributed by atoms with E-state index in [0.717, 1.165) is 0 Å². The van der Waals surface area contributed by atoms with Crippen molar-refractivity contribution < 1.29 is 9.53 Å². The highest BCUT2D eigenvalue weighted by Gasteiger charge is 2.33. The molecule has 86 valence electrons. The molecule has 0 bridgehead atoms. The van der Waals surface area contributed by atoms with Crippen molar-refractivity contribution >= 4 is 6.47 Å². The lowest BCUT2D eigenvalue weighted by Crippen LogP contribution is -2.29. The first-order valence-corrected chi connectivity index (χ1v) is 5.22. The smallest absolute Gasteiger partial charge is 0.294 e. The minimum atomic E-state index is -0.954. The third-order valence-electron chi connectivity index (χ3n) is 2.59. The Kier molecular flexibility index (Phi) is 3.14. The van der Waals surface area contributed by atoms with Gasteiger partial charge >= 0.3 is 0 Å². The van der Waals surface area contributed by atoms with E-state index in [1.807, 2.05) is 24.3 Å². The SMILES string of the molecule is CC(OC=O)(c1ccccn1)c1ccccn1. The molecule has 2 rings (SSSR count). The molecule has 0 radical (unpaired) electrons. The van der Waals surface area contributed by atoms with Gasteiger partial charge in [0.15, 0.2) is 5.60 Å². The lowest BCUT2D eigenvalue weighted by atomic mass is 9.96. The van der Waals surface area contributed by atoms with Crippen LogP contribution in [0.2, 0.25) is 0 Å². The van der Waals surface area contributed by atoms with Crippen molar-refractivity contribution in [1.82, 2.24) is 9.97 Å². The van der Waals surface area contributed by atoms with Crippen LogP contribution in [0.15, 0.2) is 48.8 Å². The van der Waals surface area contributed by atoms with Crippen LogP contribution in [0, 0.1) is 0 Å². The highest BCUT2D eigenvalue weighted by atomic mass is 16.5. The molecule has 0 saturated heterocycles. The molecule has 0 unspecified atom stereocenters. The Bertz CT molecular complexity index is 446. The summed E-state index contributed by atoms with van der Waals surface area (Å²) in [5, 5.41) is 0.